The summed E-state index contributed by atoms with van der Waals surface area (Å²) in [4.78, 5) is 21.5. The summed E-state index contributed by atoms with van der Waals surface area (Å²) in [6, 6.07) is 11.4. The fraction of sp³-hybridized carbons (Fsp3) is 0.435. The Bertz CT molecular complexity index is 1040. The number of amides is 1. The van der Waals surface area contributed by atoms with Crippen LogP contribution in [0.3, 0.4) is 0 Å². The first-order chi connectivity index (χ1) is 15.0. The Hall–Kier alpha value is -2.50. The SMILES string of the molecule is N#Cc1ccc(N2C3CC[C@H]2CN(C(=O)COC2(c4cccc(Br)c4F)CC2)C3)nc1. The van der Waals surface area contributed by atoms with E-state index < -0.39 is 5.60 Å². The molecule has 1 aliphatic carbocycles. The molecule has 2 saturated heterocycles. The van der Waals surface area contributed by atoms with Gasteiger partial charge < -0.3 is 14.5 Å². The summed E-state index contributed by atoms with van der Waals surface area (Å²) in [6.07, 6.45) is 5.04. The van der Waals surface area contributed by atoms with E-state index >= 15 is 0 Å². The number of nitrogens with zero attached hydrogens (tertiary/aromatic N) is 4. The first kappa shape index (κ1) is 20.4. The molecule has 2 atom stereocenters. The molecule has 0 spiro atoms. The van der Waals surface area contributed by atoms with Crippen LogP contribution < -0.4 is 4.90 Å². The van der Waals surface area contributed by atoms with E-state index in [0.717, 1.165) is 31.5 Å². The molecular weight excluding hydrogens is 463 g/mol. The lowest BCUT2D eigenvalue weighted by atomic mass is 10.1. The van der Waals surface area contributed by atoms with Gasteiger partial charge in [-0.05, 0) is 59.8 Å². The smallest absolute Gasteiger partial charge is 0.248 e. The van der Waals surface area contributed by atoms with E-state index in [1.165, 1.54) is 0 Å². The summed E-state index contributed by atoms with van der Waals surface area (Å²) in [7, 11) is 0. The zero-order chi connectivity index (χ0) is 21.6. The predicted octanol–water partition coefficient (Wildman–Crippen LogP) is 3.74. The highest BCUT2D eigenvalue weighted by Crippen LogP contribution is 2.50. The normalized spacial score (nSPS) is 23.5. The molecule has 1 unspecified atom stereocenters. The van der Waals surface area contributed by atoms with Gasteiger partial charge >= 0.3 is 0 Å². The van der Waals surface area contributed by atoms with Crippen LogP contribution in [0, 0.1) is 17.1 Å². The van der Waals surface area contributed by atoms with Gasteiger partial charge in [0.05, 0.1) is 15.6 Å². The van der Waals surface area contributed by atoms with Crippen LogP contribution in [0.1, 0.15) is 36.8 Å². The molecule has 1 aromatic heterocycles. The molecule has 6 nitrogen and oxygen atoms in total. The Morgan fingerprint density at radius 1 is 1.26 bits per heavy atom. The second-order valence-corrected chi connectivity index (χ2v) is 9.35. The minimum absolute atomic E-state index is 0.0412. The van der Waals surface area contributed by atoms with Gasteiger partial charge in [-0.3, -0.25) is 4.79 Å². The van der Waals surface area contributed by atoms with E-state index in [2.05, 4.69) is 31.9 Å². The molecule has 160 valence electrons. The standard InChI is InChI=1S/C23H22BrFN4O2/c24-19-3-1-2-18(22(19)25)23(8-9-23)31-14-21(30)28-12-16-5-6-17(13-28)29(16)20-7-4-15(10-26)11-27-20/h1-4,7,11,16-17H,5-6,8-9,12-14H2/t16-,17?/m0/s1. The van der Waals surface area contributed by atoms with Crippen LogP contribution >= 0.6 is 15.9 Å². The Morgan fingerprint density at radius 3 is 2.61 bits per heavy atom. The highest BCUT2D eigenvalue weighted by Gasteiger charge is 2.49. The number of carbonyl (C=O) groups is 1. The monoisotopic (exact) mass is 484 g/mol. The maximum Gasteiger partial charge on any atom is 0.248 e. The average molecular weight is 485 g/mol. The van der Waals surface area contributed by atoms with Crippen LogP contribution in [-0.2, 0) is 15.1 Å². The highest BCUT2D eigenvalue weighted by molar-refractivity contribution is 9.10. The number of halogens is 2. The number of fused-ring (bicyclic) bond motifs is 2. The first-order valence-corrected chi connectivity index (χ1v) is 11.3. The minimum Gasteiger partial charge on any atom is -0.360 e. The zero-order valence-corrected chi connectivity index (χ0v) is 18.5. The molecule has 3 aliphatic rings. The average Bonchev–Trinajstić information content (AvgIpc) is 3.53. The lowest BCUT2D eigenvalue weighted by molar-refractivity contribution is -0.140. The number of piperazine rings is 1. The summed E-state index contributed by atoms with van der Waals surface area (Å²) in [5, 5.41) is 8.98. The summed E-state index contributed by atoms with van der Waals surface area (Å²) in [5.74, 6) is 0.497. The molecule has 3 heterocycles. The molecule has 1 amide bonds. The van der Waals surface area contributed by atoms with Crippen molar-refractivity contribution in [2.24, 2.45) is 0 Å². The molecule has 31 heavy (non-hydrogen) atoms. The summed E-state index contributed by atoms with van der Waals surface area (Å²) >= 11 is 3.23. The van der Waals surface area contributed by atoms with Crippen LogP contribution in [-0.4, -0.2) is 47.6 Å². The van der Waals surface area contributed by atoms with Crippen molar-refractivity contribution in [1.29, 1.82) is 5.26 Å². The van der Waals surface area contributed by atoms with E-state index in [1.807, 2.05) is 11.0 Å². The Kier molecular flexibility index (Phi) is 5.19. The lowest BCUT2D eigenvalue weighted by Crippen LogP contribution is -2.56. The van der Waals surface area contributed by atoms with Crippen LogP contribution in [0.5, 0.6) is 0 Å². The Morgan fingerprint density at radius 2 is 2.00 bits per heavy atom. The third-order valence-corrected chi connectivity index (χ3v) is 7.21. The second kappa shape index (κ2) is 7.88. The fourth-order valence-corrected chi connectivity index (χ4v) is 5.20. The van der Waals surface area contributed by atoms with Crippen molar-refractivity contribution in [3.05, 3.63) is 57.9 Å². The zero-order valence-electron chi connectivity index (χ0n) is 16.9. The van der Waals surface area contributed by atoms with Crippen LogP contribution in [0.15, 0.2) is 41.0 Å². The molecule has 1 saturated carbocycles. The van der Waals surface area contributed by atoms with E-state index in [-0.39, 0.29) is 30.4 Å². The Balaban J connectivity index is 1.23. The first-order valence-electron chi connectivity index (χ1n) is 10.5. The molecule has 2 aliphatic heterocycles. The Labute approximate surface area is 188 Å². The van der Waals surface area contributed by atoms with Gasteiger partial charge in [0.2, 0.25) is 5.91 Å². The second-order valence-electron chi connectivity index (χ2n) is 8.49. The van der Waals surface area contributed by atoms with Crippen LogP contribution in [0.2, 0.25) is 0 Å². The summed E-state index contributed by atoms with van der Waals surface area (Å²) < 4.78 is 20.9. The number of pyridine rings is 1. The van der Waals surface area contributed by atoms with Crippen molar-refractivity contribution in [2.75, 3.05) is 24.6 Å². The number of carbonyl (C=O) groups excluding carboxylic acids is 1. The van der Waals surface area contributed by atoms with Gasteiger partial charge in [0.1, 0.15) is 24.3 Å². The van der Waals surface area contributed by atoms with E-state index in [0.29, 0.717) is 28.7 Å². The van der Waals surface area contributed by atoms with Gasteiger partial charge in [-0.2, -0.15) is 5.26 Å². The van der Waals surface area contributed by atoms with Crippen molar-refractivity contribution in [3.8, 4) is 6.07 Å². The number of hydrogen-bond donors (Lipinski definition) is 0. The number of anilines is 1. The van der Waals surface area contributed by atoms with E-state index in [9.17, 15) is 9.18 Å². The minimum atomic E-state index is -0.684. The van der Waals surface area contributed by atoms with Crippen LogP contribution in [0.4, 0.5) is 10.2 Å². The van der Waals surface area contributed by atoms with Gasteiger partial charge in [0, 0.05) is 36.9 Å². The number of rotatable bonds is 5. The third kappa shape index (κ3) is 3.70. The van der Waals surface area contributed by atoms with Gasteiger partial charge in [-0.15, -0.1) is 0 Å². The van der Waals surface area contributed by atoms with Crippen molar-refractivity contribution in [1.82, 2.24) is 9.88 Å². The molecule has 2 bridgehead atoms. The highest BCUT2D eigenvalue weighted by atomic mass is 79.9. The largest absolute Gasteiger partial charge is 0.360 e. The molecule has 5 rings (SSSR count). The topological polar surface area (TPSA) is 69.5 Å². The number of nitriles is 1. The van der Waals surface area contributed by atoms with Gasteiger partial charge in [0.25, 0.3) is 0 Å². The summed E-state index contributed by atoms with van der Waals surface area (Å²) in [6.45, 7) is 1.21. The number of ether oxygens (including phenoxy) is 1. The number of aromatic nitrogens is 1. The number of hydrogen-bond acceptors (Lipinski definition) is 5. The quantitative estimate of drug-likeness (QED) is 0.646. The van der Waals surface area contributed by atoms with Crippen molar-refractivity contribution in [2.45, 2.75) is 43.4 Å². The molecule has 2 aromatic rings. The van der Waals surface area contributed by atoms with Crippen molar-refractivity contribution < 1.29 is 13.9 Å². The maximum absolute atomic E-state index is 14.5. The van der Waals surface area contributed by atoms with Gasteiger partial charge in [0.15, 0.2) is 0 Å². The van der Waals surface area contributed by atoms with Gasteiger partial charge in [-0.25, -0.2) is 9.37 Å². The molecular formula is C23H22BrFN4O2. The summed E-state index contributed by atoms with van der Waals surface area (Å²) in [5.41, 5.74) is 0.376. The fourth-order valence-electron chi connectivity index (χ4n) is 4.84. The predicted molar refractivity (Wildman–Crippen MR) is 116 cm³/mol. The third-order valence-electron chi connectivity index (χ3n) is 6.59. The molecule has 3 fully saturated rings. The molecule has 8 heteroatoms. The lowest BCUT2D eigenvalue weighted by Gasteiger charge is -2.41. The van der Waals surface area contributed by atoms with Gasteiger partial charge in [-0.1, -0.05) is 12.1 Å². The van der Waals surface area contributed by atoms with Crippen molar-refractivity contribution >= 4 is 27.7 Å². The molecule has 0 N–H and O–H groups in total. The van der Waals surface area contributed by atoms with Crippen molar-refractivity contribution in [3.63, 3.8) is 0 Å². The van der Waals surface area contributed by atoms with Crippen LogP contribution in [0.25, 0.3) is 0 Å². The van der Waals surface area contributed by atoms with E-state index in [4.69, 9.17) is 10.00 Å². The number of likely N-dealkylation sites (tertiary alicyclic amines) is 1. The number of benzene rings is 1. The molecule has 0 radical (unpaired) electrons. The van der Waals surface area contributed by atoms with E-state index in [1.54, 1.807) is 30.5 Å². The maximum atomic E-state index is 14.5. The molecule has 1 aromatic carbocycles.